The lowest BCUT2D eigenvalue weighted by Gasteiger charge is -2.37. The number of rotatable bonds is 3. The highest BCUT2D eigenvalue weighted by Crippen LogP contribution is 2.65. The van der Waals surface area contributed by atoms with Crippen LogP contribution in [-0.4, -0.2) is 11.8 Å². The number of ether oxygens (including phenoxy) is 1. The Labute approximate surface area is 163 Å². The summed E-state index contributed by atoms with van der Waals surface area (Å²) in [6.07, 6.45) is 5.58. The molecule has 1 saturated heterocycles. The summed E-state index contributed by atoms with van der Waals surface area (Å²) in [5.74, 6) is 2.85. The summed E-state index contributed by atoms with van der Waals surface area (Å²) < 4.78 is 5.86. The quantitative estimate of drug-likeness (QED) is 0.595. The van der Waals surface area contributed by atoms with Crippen molar-refractivity contribution in [1.29, 1.82) is 0 Å². The van der Waals surface area contributed by atoms with Crippen LogP contribution in [0.5, 0.6) is 11.5 Å². The van der Waals surface area contributed by atoms with Crippen LogP contribution in [0.1, 0.15) is 12.0 Å². The van der Waals surface area contributed by atoms with Crippen LogP contribution in [0, 0.1) is 42.4 Å². The maximum atomic E-state index is 13.2. The molecular formula is C24H21NO3. The SMILES string of the molecule is Cc1ccc(Oc2ccc(N3C(=O)[C@H]4[C@@H]5C=C[C@@H]([C@H]6C[C@H]56)[C@@H]4C3=O)cc2)cc1. The summed E-state index contributed by atoms with van der Waals surface area (Å²) in [4.78, 5) is 27.7. The third-order valence-electron chi connectivity index (χ3n) is 7.01. The van der Waals surface area contributed by atoms with Gasteiger partial charge in [-0.15, -0.1) is 0 Å². The first-order chi connectivity index (χ1) is 13.6. The summed E-state index contributed by atoms with van der Waals surface area (Å²) in [5.41, 5.74) is 1.82. The van der Waals surface area contributed by atoms with Gasteiger partial charge in [0.05, 0.1) is 17.5 Å². The van der Waals surface area contributed by atoms with Gasteiger partial charge in [-0.25, -0.2) is 0 Å². The number of aryl methyl sites for hydroxylation is 1. The Morgan fingerprint density at radius 2 is 1.29 bits per heavy atom. The van der Waals surface area contributed by atoms with Gasteiger partial charge >= 0.3 is 0 Å². The maximum Gasteiger partial charge on any atom is 0.238 e. The zero-order valence-corrected chi connectivity index (χ0v) is 15.6. The first kappa shape index (κ1) is 16.1. The smallest absolute Gasteiger partial charge is 0.238 e. The second-order valence-corrected chi connectivity index (χ2v) is 8.58. The number of hydrogen-bond donors (Lipinski definition) is 0. The van der Waals surface area contributed by atoms with E-state index in [2.05, 4.69) is 12.2 Å². The molecule has 4 heteroatoms. The molecule has 2 amide bonds. The first-order valence-corrected chi connectivity index (χ1v) is 10.0. The number of allylic oxidation sites excluding steroid dienone is 2. The van der Waals surface area contributed by atoms with Gasteiger partial charge in [0.25, 0.3) is 0 Å². The molecule has 4 nitrogen and oxygen atoms in total. The van der Waals surface area contributed by atoms with E-state index in [0.717, 1.165) is 5.75 Å². The fourth-order valence-corrected chi connectivity index (χ4v) is 5.62. The minimum atomic E-state index is -0.158. The molecule has 140 valence electrons. The average Bonchev–Trinajstić information content (AvgIpc) is 3.49. The predicted molar refractivity (Wildman–Crippen MR) is 105 cm³/mol. The molecule has 4 aliphatic carbocycles. The third kappa shape index (κ3) is 2.17. The zero-order valence-electron chi connectivity index (χ0n) is 15.6. The number of carbonyl (C=O) groups is 2. The number of hydrogen-bond acceptors (Lipinski definition) is 3. The van der Waals surface area contributed by atoms with E-state index in [1.165, 1.54) is 16.9 Å². The van der Waals surface area contributed by atoms with E-state index >= 15 is 0 Å². The number of imide groups is 1. The van der Waals surface area contributed by atoms with Crippen LogP contribution < -0.4 is 9.64 Å². The molecule has 0 N–H and O–H groups in total. The van der Waals surface area contributed by atoms with Gasteiger partial charge in [-0.2, -0.15) is 0 Å². The first-order valence-electron chi connectivity index (χ1n) is 10.0. The Kier molecular flexibility index (Phi) is 3.20. The van der Waals surface area contributed by atoms with Crippen molar-refractivity contribution in [3.05, 3.63) is 66.2 Å². The van der Waals surface area contributed by atoms with Gasteiger partial charge in [-0.1, -0.05) is 29.8 Å². The lowest BCUT2D eigenvalue weighted by molar-refractivity contribution is -0.124. The Morgan fingerprint density at radius 1 is 0.786 bits per heavy atom. The van der Waals surface area contributed by atoms with E-state index in [9.17, 15) is 9.59 Å². The van der Waals surface area contributed by atoms with Gasteiger partial charge in [0, 0.05) is 0 Å². The minimum absolute atomic E-state index is 0.0214. The van der Waals surface area contributed by atoms with Gasteiger partial charge in [0.15, 0.2) is 0 Å². The van der Waals surface area contributed by atoms with E-state index in [1.807, 2.05) is 55.5 Å². The normalized spacial score (nSPS) is 34.4. The van der Waals surface area contributed by atoms with Crippen molar-refractivity contribution in [2.24, 2.45) is 35.5 Å². The average molecular weight is 371 g/mol. The molecular weight excluding hydrogens is 350 g/mol. The summed E-state index contributed by atoms with van der Waals surface area (Å²) in [7, 11) is 0. The Hall–Kier alpha value is -2.88. The van der Waals surface area contributed by atoms with Crippen LogP contribution in [0.2, 0.25) is 0 Å². The molecule has 5 aliphatic rings. The van der Waals surface area contributed by atoms with Crippen molar-refractivity contribution in [1.82, 2.24) is 0 Å². The van der Waals surface area contributed by atoms with E-state index in [-0.39, 0.29) is 35.5 Å². The number of carbonyl (C=O) groups excluding carboxylic acids is 2. The molecule has 2 aromatic rings. The number of amides is 2. The highest BCUT2D eigenvalue weighted by molar-refractivity contribution is 6.22. The fourth-order valence-electron chi connectivity index (χ4n) is 5.62. The summed E-state index contributed by atoms with van der Waals surface area (Å²) in [6.45, 7) is 2.03. The third-order valence-corrected chi connectivity index (χ3v) is 7.01. The van der Waals surface area contributed by atoms with Crippen LogP contribution in [0.15, 0.2) is 60.7 Å². The van der Waals surface area contributed by atoms with E-state index < -0.39 is 0 Å². The Balaban J connectivity index is 1.26. The van der Waals surface area contributed by atoms with Crippen molar-refractivity contribution in [3.63, 3.8) is 0 Å². The van der Waals surface area contributed by atoms with Crippen LogP contribution in [-0.2, 0) is 9.59 Å². The highest BCUT2D eigenvalue weighted by atomic mass is 16.5. The van der Waals surface area contributed by atoms with Crippen molar-refractivity contribution >= 4 is 17.5 Å². The standard InChI is InChI=1S/C24H21NO3/c1-13-2-6-15(7-3-13)28-16-8-4-14(5-9-16)25-23(26)21-17-10-11-18(20-12-19(17)20)22(21)24(25)27/h2-11,17-22H,12H2,1H3/t17-,18+,19-,20-,21+,22+/m1/s1. The molecule has 6 atom stereocenters. The van der Waals surface area contributed by atoms with Crippen LogP contribution >= 0.6 is 0 Å². The molecule has 0 aromatic heterocycles. The van der Waals surface area contributed by atoms with Gasteiger partial charge < -0.3 is 4.74 Å². The molecule has 0 spiro atoms. The summed E-state index contributed by atoms with van der Waals surface area (Å²) in [5, 5.41) is 0. The molecule has 2 bridgehead atoms. The number of nitrogens with zero attached hydrogens (tertiary/aromatic N) is 1. The predicted octanol–water partition coefficient (Wildman–Crippen LogP) is 4.34. The van der Waals surface area contributed by atoms with Gasteiger partial charge in [-0.05, 0) is 73.4 Å². The van der Waals surface area contributed by atoms with Crippen molar-refractivity contribution < 1.29 is 14.3 Å². The monoisotopic (exact) mass is 371 g/mol. The van der Waals surface area contributed by atoms with Crippen LogP contribution in [0.3, 0.4) is 0 Å². The molecule has 2 aromatic carbocycles. The molecule has 1 aliphatic heterocycles. The van der Waals surface area contributed by atoms with Crippen molar-refractivity contribution in [3.8, 4) is 11.5 Å². The minimum Gasteiger partial charge on any atom is -0.457 e. The zero-order chi connectivity index (χ0) is 19.0. The van der Waals surface area contributed by atoms with Gasteiger partial charge in [0.2, 0.25) is 11.8 Å². The lowest BCUT2D eigenvalue weighted by atomic mass is 9.63. The Bertz CT molecular complexity index is 971. The van der Waals surface area contributed by atoms with E-state index in [4.69, 9.17) is 4.74 Å². The van der Waals surface area contributed by atoms with E-state index in [1.54, 1.807) is 0 Å². The van der Waals surface area contributed by atoms with Crippen molar-refractivity contribution in [2.75, 3.05) is 4.90 Å². The van der Waals surface area contributed by atoms with E-state index in [0.29, 0.717) is 23.3 Å². The second kappa shape index (κ2) is 5.57. The van der Waals surface area contributed by atoms with Crippen molar-refractivity contribution in [2.45, 2.75) is 13.3 Å². The summed E-state index contributed by atoms with van der Waals surface area (Å²) in [6, 6.07) is 15.1. The van der Waals surface area contributed by atoms with Crippen LogP contribution in [0.4, 0.5) is 5.69 Å². The molecule has 1 heterocycles. The fraction of sp³-hybridized carbons (Fsp3) is 0.333. The molecule has 0 radical (unpaired) electrons. The van der Waals surface area contributed by atoms with Crippen LogP contribution in [0.25, 0.3) is 0 Å². The molecule has 0 unspecified atom stereocenters. The van der Waals surface area contributed by atoms with Gasteiger partial charge in [-0.3, -0.25) is 14.5 Å². The molecule has 28 heavy (non-hydrogen) atoms. The largest absolute Gasteiger partial charge is 0.457 e. The van der Waals surface area contributed by atoms with Gasteiger partial charge in [0.1, 0.15) is 11.5 Å². The second-order valence-electron chi connectivity index (χ2n) is 8.58. The molecule has 7 rings (SSSR count). The Morgan fingerprint density at radius 3 is 1.82 bits per heavy atom. The number of anilines is 1. The maximum absolute atomic E-state index is 13.2. The molecule has 2 saturated carbocycles. The number of benzene rings is 2. The topological polar surface area (TPSA) is 46.6 Å². The molecule has 3 fully saturated rings. The highest BCUT2D eigenvalue weighted by Gasteiger charge is 2.67. The lowest BCUT2D eigenvalue weighted by Crippen LogP contribution is -2.40. The summed E-state index contributed by atoms with van der Waals surface area (Å²) >= 11 is 0.